The minimum atomic E-state index is -0.259. The number of phenols is 1. The van der Waals surface area contributed by atoms with Gasteiger partial charge in [0.1, 0.15) is 0 Å². The zero-order valence-electron chi connectivity index (χ0n) is 20.4. The number of aromatic hydroxyl groups is 1. The number of fused-ring (bicyclic) bond motifs is 3. The molecule has 1 N–H and O–H groups in total. The van der Waals surface area contributed by atoms with Gasteiger partial charge in [-0.2, -0.15) is 0 Å². The largest absolute Gasteiger partial charge is 0.504 e. The van der Waals surface area contributed by atoms with E-state index >= 15 is 0 Å². The van der Waals surface area contributed by atoms with Crippen LogP contribution in [0.25, 0.3) is 6.08 Å². The van der Waals surface area contributed by atoms with Crippen molar-refractivity contribution in [3.63, 3.8) is 0 Å². The van der Waals surface area contributed by atoms with Crippen LogP contribution < -0.4 is 4.74 Å². The summed E-state index contributed by atoms with van der Waals surface area (Å²) in [5.74, 6) is 0.127. The van der Waals surface area contributed by atoms with Crippen LogP contribution in [-0.4, -0.2) is 48.7 Å². The number of rotatable bonds is 8. The molecule has 0 aromatic heterocycles. The van der Waals surface area contributed by atoms with Crippen LogP contribution in [-0.2, 0) is 14.3 Å². The highest BCUT2D eigenvalue weighted by Crippen LogP contribution is 2.50. The first-order valence-electron chi connectivity index (χ1n) is 12.2. The summed E-state index contributed by atoms with van der Waals surface area (Å²) in [4.78, 5) is 26.8. The molecule has 4 rings (SSSR count). The summed E-state index contributed by atoms with van der Waals surface area (Å²) in [6.45, 7) is 4.84. The first-order chi connectivity index (χ1) is 16.3. The molecule has 2 fully saturated rings. The number of amides is 2. The van der Waals surface area contributed by atoms with Crippen LogP contribution in [0.1, 0.15) is 57.9 Å². The number of carbonyl (C=O) groups excluding carboxylic acids is 2. The van der Waals surface area contributed by atoms with Crippen molar-refractivity contribution >= 4 is 40.5 Å². The van der Waals surface area contributed by atoms with E-state index in [1.165, 1.54) is 21.6 Å². The Morgan fingerprint density at radius 3 is 2.68 bits per heavy atom. The third-order valence-corrected chi connectivity index (χ3v) is 8.42. The number of nitrogens with zero attached hydrogens (tertiary/aromatic N) is 1. The van der Waals surface area contributed by atoms with Gasteiger partial charge in [-0.3, -0.25) is 14.5 Å². The van der Waals surface area contributed by atoms with Crippen LogP contribution >= 0.6 is 22.6 Å². The summed E-state index contributed by atoms with van der Waals surface area (Å²) >= 11 is 2.12. The van der Waals surface area contributed by atoms with Gasteiger partial charge in [-0.1, -0.05) is 37.5 Å². The highest BCUT2D eigenvalue weighted by Gasteiger charge is 2.55. The molecule has 7 heteroatoms. The molecule has 2 heterocycles. The minimum Gasteiger partial charge on any atom is -0.504 e. The first kappa shape index (κ1) is 25.2. The second-order valence-corrected chi connectivity index (χ2v) is 10.7. The molecule has 0 bridgehead atoms. The number of hydrogen-bond acceptors (Lipinski definition) is 5. The van der Waals surface area contributed by atoms with Crippen molar-refractivity contribution in [2.24, 2.45) is 17.8 Å². The molecular weight excluding hydrogens is 545 g/mol. The zero-order chi connectivity index (χ0) is 24.6. The number of methoxy groups -OCH3 is 1. The third-order valence-electron chi connectivity index (χ3n) is 7.60. The average molecular weight is 579 g/mol. The van der Waals surface area contributed by atoms with Gasteiger partial charge < -0.3 is 14.6 Å². The lowest BCUT2D eigenvalue weighted by Crippen LogP contribution is -2.33. The Morgan fingerprint density at radius 1 is 1.24 bits per heavy atom. The van der Waals surface area contributed by atoms with Gasteiger partial charge >= 0.3 is 0 Å². The van der Waals surface area contributed by atoms with E-state index in [-0.39, 0.29) is 41.4 Å². The van der Waals surface area contributed by atoms with Gasteiger partial charge in [-0.25, -0.2) is 0 Å². The fourth-order valence-electron chi connectivity index (χ4n) is 5.94. The Morgan fingerprint density at radius 2 is 2.00 bits per heavy atom. The maximum atomic E-state index is 12.8. The summed E-state index contributed by atoms with van der Waals surface area (Å²) in [6.07, 6.45) is 7.56. The molecule has 184 valence electrons. The summed E-state index contributed by atoms with van der Waals surface area (Å²) in [6, 6.07) is 3.84. The Balaban J connectivity index is 1.55. The predicted octanol–water partition coefficient (Wildman–Crippen LogP) is 5.33. The van der Waals surface area contributed by atoms with Crippen molar-refractivity contribution in [3.8, 4) is 11.5 Å². The second kappa shape index (κ2) is 10.4. The number of allylic oxidation sites excluding steroid dienone is 2. The van der Waals surface area contributed by atoms with Crippen LogP contribution in [0.4, 0.5) is 0 Å². The maximum Gasteiger partial charge on any atom is 0.233 e. The number of ether oxygens (including phenoxy) is 2. The quantitative estimate of drug-likeness (QED) is 0.256. The number of benzene rings is 1. The molecule has 1 aromatic rings. The Kier molecular flexibility index (Phi) is 7.72. The fourth-order valence-corrected chi connectivity index (χ4v) is 6.57. The normalized spacial score (nSPS) is 26.9. The van der Waals surface area contributed by atoms with Gasteiger partial charge in [0.15, 0.2) is 11.5 Å². The summed E-state index contributed by atoms with van der Waals surface area (Å²) in [5.41, 5.74) is 4.94. The highest BCUT2D eigenvalue weighted by molar-refractivity contribution is 14.1. The smallest absolute Gasteiger partial charge is 0.233 e. The number of hydrogen-bond donors (Lipinski definition) is 1. The van der Waals surface area contributed by atoms with Gasteiger partial charge in [0.05, 0.1) is 35.2 Å². The van der Waals surface area contributed by atoms with E-state index in [2.05, 4.69) is 42.5 Å². The van der Waals surface area contributed by atoms with E-state index < -0.39 is 0 Å². The van der Waals surface area contributed by atoms with Crippen LogP contribution in [0.2, 0.25) is 0 Å². The molecule has 0 radical (unpaired) electrons. The summed E-state index contributed by atoms with van der Waals surface area (Å²) in [7, 11) is 3.18. The van der Waals surface area contributed by atoms with Crippen LogP contribution in [0.15, 0.2) is 28.9 Å². The molecule has 2 amide bonds. The molecular formula is C27H34INO5. The van der Waals surface area contributed by atoms with E-state index in [0.717, 1.165) is 41.2 Å². The Labute approximate surface area is 215 Å². The second-order valence-electron chi connectivity index (χ2n) is 9.56. The Bertz CT molecular complexity index is 1050. The molecule has 2 saturated heterocycles. The molecule has 4 atom stereocenters. The van der Waals surface area contributed by atoms with Crippen molar-refractivity contribution in [1.29, 1.82) is 0 Å². The first-order valence-corrected chi connectivity index (χ1v) is 13.3. The maximum absolute atomic E-state index is 12.8. The molecule has 2 aliphatic heterocycles. The van der Waals surface area contributed by atoms with Crippen molar-refractivity contribution in [2.75, 3.05) is 20.8 Å². The zero-order valence-corrected chi connectivity index (χ0v) is 22.6. The monoisotopic (exact) mass is 579 g/mol. The summed E-state index contributed by atoms with van der Waals surface area (Å²) in [5, 5.41) is 10.2. The molecule has 0 saturated carbocycles. The SMILES string of the molecule is CCC/C(=C\c1cc(I)c(O)c(OC)c1)CC[C@H]1OC[C@H]2C1=C(CC)C[C@H]1C(=O)N(C)C(=O)[C@H]12. The van der Waals surface area contributed by atoms with E-state index in [1.54, 1.807) is 14.2 Å². The van der Waals surface area contributed by atoms with Crippen molar-refractivity contribution in [3.05, 3.63) is 38.0 Å². The fraction of sp³-hybridized carbons (Fsp3) is 0.556. The van der Waals surface area contributed by atoms with E-state index in [0.29, 0.717) is 18.8 Å². The van der Waals surface area contributed by atoms with Gasteiger partial charge in [0.25, 0.3) is 0 Å². The van der Waals surface area contributed by atoms with Crippen LogP contribution in [0.3, 0.4) is 0 Å². The van der Waals surface area contributed by atoms with Gasteiger partial charge in [-0.05, 0) is 78.0 Å². The van der Waals surface area contributed by atoms with Crippen LogP contribution in [0, 0.1) is 21.3 Å². The number of carbonyl (C=O) groups is 2. The number of likely N-dealkylation sites (tertiary alicyclic amines) is 1. The molecule has 6 nitrogen and oxygen atoms in total. The Hall–Kier alpha value is -1.87. The molecule has 1 aromatic carbocycles. The standard InChI is InChI=1S/C27H34INO5/c1-5-7-15(10-16-11-20(28)25(30)22(12-16)33-4)8-9-21-23-17(6-2)13-18-24(19(23)14-34-21)27(32)29(3)26(18)31/h10-12,18-19,21,24,30H,5-9,13-14H2,1-4H3/b15-10+/t18-,19+,21-,24-/m1/s1. The summed E-state index contributed by atoms with van der Waals surface area (Å²) < 4.78 is 12.4. The lowest BCUT2D eigenvalue weighted by Gasteiger charge is -2.31. The lowest BCUT2D eigenvalue weighted by atomic mass is 9.69. The molecule has 34 heavy (non-hydrogen) atoms. The molecule has 0 spiro atoms. The number of phenolic OH excluding ortho intramolecular Hbond substituents is 1. The topological polar surface area (TPSA) is 76.1 Å². The molecule has 3 aliphatic rings. The van der Waals surface area contributed by atoms with E-state index in [1.807, 2.05) is 12.1 Å². The average Bonchev–Trinajstić information content (AvgIpc) is 3.34. The molecule has 0 unspecified atom stereocenters. The highest BCUT2D eigenvalue weighted by atomic mass is 127. The van der Waals surface area contributed by atoms with Crippen molar-refractivity contribution in [2.45, 2.75) is 58.5 Å². The number of imide groups is 1. The van der Waals surface area contributed by atoms with Gasteiger partial charge in [0.2, 0.25) is 11.8 Å². The lowest BCUT2D eigenvalue weighted by molar-refractivity contribution is -0.138. The minimum absolute atomic E-state index is 0.00412. The number of halogens is 1. The van der Waals surface area contributed by atoms with Gasteiger partial charge in [-0.15, -0.1) is 0 Å². The van der Waals surface area contributed by atoms with Crippen LogP contribution in [0.5, 0.6) is 11.5 Å². The van der Waals surface area contributed by atoms with Crippen molar-refractivity contribution in [1.82, 2.24) is 4.90 Å². The van der Waals surface area contributed by atoms with E-state index in [4.69, 9.17) is 9.47 Å². The third kappa shape index (κ3) is 4.53. The predicted molar refractivity (Wildman–Crippen MR) is 139 cm³/mol. The van der Waals surface area contributed by atoms with E-state index in [9.17, 15) is 14.7 Å². The van der Waals surface area contributed by atoms with Gasteiger partial charge in [0, 0.05) is 13.0 Å². The van der Waals surface area contributed by atoms with Crippen molar-refractivity contribution < 1.29 is 24.2 Å². The molecule has 1 aliphatic carbocycles.